The lowest BCUT2D eigenvalue weighted by Crippen LogP contribution is -2.49. The summed E-state index contributed by atoms with van der Waals surface area (Å²) in [6, 6.07) is 5.27. The summed E-state index contributed by atoms with van der Waals surface area (Å²) in [4.78, 5) is 20.2. The number of nitriles is 1. The smallest absolute Gasteiger partial charge is 0.306 e. The fourth-order valence-electron chi connectivity index (χ4n) is 4.18. The number of fused-ring (bicyclic) bond motifs is 1. The van der Waals surface area contributed by atoms with Crippen molar-refractivity contribution in [3.8, 4) is 17.3 Å². The highest BCUT2D eigenvalue weighted by molar-refractivity contribution is 6.76. The fraction of sp³-hybridized carbons (Fsp3) is 0.500. The van der Waals surface area contributed by atoms with Crippen LogP contribution in [0.1, 0.15) is 19.3 Å². The number of nitrogens with zero attached hydrogens (tertiary/aromatic N) is 6. The average molecular weight is 453 g/mol. The van der Waals surface area contributed by atoms with Crippen LogP contribution >= 0.6 is 0 Å². The van der Waals surface area contributed by atoms with Crippen LogP contribution in [0.3, 0.4) is 0 Å². The molecule has 0 bridgehead atoms. The molecule has 0 aliphatic heterocycles. The predicted octanol–water partition coefficient (Wildman–Crippen LogP) is 3.71. The Kier molecular flexibility index (Phi) is 5.88. The van der Waals surface area contributed by atoms with Gasteiger partial charge in [-0.2, -0.15) is 10.4 Å². The molecule has 10 heteroatoms. The number of hydrogen-bond acceptors (Lipinski definition) is 6. The van der Waals surface area contributed by atoms with Gasteiger partial charge < -0.3 is 14.4 Å². The molecular formula is C22H28N6O3Si. The molecule has 4 rings (SSSR count). The van der Waals surface area contributed by atoms with Gasteiger partial charge in [-0.25, -0.2) is 9.97 Å². The van der Waals surface area contributed by atoms with Gasteiger partial charge in [0.15, 0.2) is 0 Å². The molecule has 1 N–H and O–H groups in total. The Morgan fingerprint density at radius 2 is 2.16 bits per heavy atom. The van der Waals surface area contributed by atoms with Gasteiger partial charge in [-0.1, -0.05) is 19.6 Å². The molecule has 0 aromatic carbocycles. The number of aromatic nitrogens is 5. The van der Waals surface area contributed by atoms with E-state index < -0.39 is 25.5 Å². The van der Waals surface area contributed by atoms with Gasteiger partial charge in [-0.3, -0.25) is 9.48 Å². The van der Waals surface area contributed by atoms with E-state index in [9.17, 15) is 15.2 Å². The lowest BCUT2D eigenvalue weighted by atomic mass is 9.67. The van der Waals surface area contributed by atoms with Gasteiger partial charge in [0.1, 0.15) is 18.7 Å². The summed E-state index contributed by atoms with van der Waals surface area (Å²) in [7, 11) is -1.14. The third-order valence-corrected chi connectivity index (χ3v) is 7.84. The lowest BCUT2D eigenvalue weighted by Gasteiger charge is -2.44. The van der Waals surface area contributed by atoms with E-state index in [1.807, 2.05) is 23.0 Å². The van der Waals surface area contributed by atoms with Crippen molar-refractivity contribution in [3.05, 3.63) is 31.0 Å². The Morgan fingerprint density at radius 1 is 1.38 bits per heavy atom. The standard InChI is InChI=1S/C22H28N6O3Si/c1-32(2,3)9-8-31-15-27-7-4-18-19(24-14-25-20(18)27)17-12-26-28(13-17)22(5-6-23)10-16(11-22)21(29)30/h4,7,12-14,16H,5,8-11,15H2,1-3H3,(H,29,30). The minimum absolute atomic E-state index is 0.224. The number of rotatable bonds is 9. The summed E-state index contributed by atoms with van der Waals surface area (Å²) in [6.45, 7) is 8.15. The van der Waals surface area contributed by atoms with Gasteiger partial charge in [0.25, 0.3) is 0 Å². The lowest BCUT2D eigenvalue weighted by molar-refractivity contribution is -0.149. The molecule has 0 spiro atoms. The van der Waals surface area contributed by atoms with E-state index in [-0.39, 0.29) is 6.42 Å². The van der Waals surface area contributed by atoms with Gasteiger partial charge in [0, 0.05) is 38.0 Å². The van der Waals surface area contributed by atoms with E-state index in [4.69, 9.17) is 4.74 Å². The molecule has 32 heavy (non-hydrogen) atoms. The van der Waals surface area contributed by atoms with Crippen molar-refractivity contribution in [3.63, 3.8) is 0 Å². The van der Waals surface area contributed by atoms with E-state index in [2.05, 4.69) is 40.8 Å². The van der Waals surface area contributed by atoms with Crippen LogP contribution in [0.2, 0.25) is 25.7 Å². The van der Waals surface area contributed by atoms with Crippen LogP contribution in [0.4, 0.5) is 0 Å². The number of carbonyl (C=O) groups is 1. The van der Waals surface area contributed by atoms with Crippen LogP contribution in [0.15, 0.2) is 31.0 Å². The van der Waals surface area contributed by atoms with Crippen LogP contribution in [0.5, 0.6) is 0 Å². The summed E-state index contributed by atoms with van der Waals surface area (Å²) < 4.78 is 9.59. The fourth-order valence-corrected chi connectivity index (χ4v) is 4.93. The molecule has 168 valence electrons. The molecule has 1 fully saturated rings. The van der Waals surface area contributed by atoms with Gasteiger partial charge in [-0.05, 0) is 25.0 Å². The predicted molar refractivity (Wildman–Crippen MR) is 121 cm³/mol. The zero-order valence-electron chi connectivity index (χ0n) is 18.7. The largest absolute Gasteiger partial charge is 0.481 e. The van der Waals surface area contributed by atoms with Crippen molar-refractivity contribution in [1.82, 2.24) is 24.3 Å². The SMILES string of the molecule is C[Si](C)(C)CCOCn1ccc2c(-c3cnn(C4(CC#N)CC(C(=O)O)C4)c3)ncnc21. The molecule has 1 aliphatic carbocycles. The second-order valence-electron chi connectivity index (χ2n) is 9.77. The monoisotopic (exact) mass is 452 g/mol. The van der Waals surface area contributed by atoms with Crippen molar-refractivity contribution in [1.29, 1.82) is 5.26 Å². The topological polar surface area (TPSA) is 119 Å². The average Bonchev–Trinajstić information content (AvgIpc) is 3.34. The van der Waals surface area contributed by atoms with Crippen LogP contribution in [-0.2, 0) is 21.8 Å². The minimum Gasteiger partial charge on any atom is -0.481 e. The molecule has 1 aliphatic rings. The maximum atomic E-state index is 11.3. The van der Waals surface area contributed by atoms with Crippen molar-refractivity contribution in [2.45, 2.75) is 57.2 Å². The molecule has 3 aromatic heterocycles. The van der Waals surface area contributed by atoms with Gasteiger partial charge >= 0.3 is 5.97 Å². The Morgan fingerprint density at radius 3 is 2.84 bits per heavy atom. The summed E-state index contributed by atoms with van der Waals surface area (Å²) >= 11 is 0. The normalized spacial score (nSPS) is 20.8. The first kappa shape index (κ1) is 22.2. The first-order valence-electron chi connectivity index (χ1n) is 10.8. The zero-order valence-corrected chi connectivity index (χ0v) is 19.7. The zero-order chi connectivity index (χ0) is 22.9. The number of aliphatic carboxylic acids is 1. The highest BCUT2D eigenvalue weighted by Gasteiger charge is 2.49. The van der Waals surface area contributed by atoms with E-state index in [1.54, 1.807) is 10.9 Å². The first-order valence-corrected chi connectivity index (χ1v) is 14.5. The number of hydrogen-bond donors (Lipinski definition) is 1. The third-order valence-electron chi connectivity index (χ3n) is 6.13. The highest BCUT2D eigenvalue weighted by Crippen LogP contribution is 2.46. The highest BCUT2D eigenvalue weighted by atomic mass is 28.3. The maximum Gasteiger partial charge on any atom is 0.306 e. The van der Waals surface area contributed by atoms with E-state index >= 15 is 0 Å². The Labute approximate surface area is 187 Å². The minimum atomic E-state index is -1.14. The maximum absolute atomic E-state index is 11.3. The Hall–Kier alpha value is -3.03. The number of ether oxygens (including phenoxy) is 1. The van der Waals surface area contributed by atoms with E-state index in [1.165, 1.54) is 6.33 Å². The molecule has 9 nitrogen and oxygen atoms in total. The second kappa shape index (κ2) is 8.48. The molecule has 0 atom stereocenters. The van der Waals surface area contributed by atoms with Crippen molar-refractivity contribution < 1.29 is 14.6 Å². The second-order valence-corrected chi connectivity index (χ2v) is 15.4. The van der Waals surface area contributed by atoms with Crippen LogP contribution in [0.25, 0.3) is 22.3 Å². The summed E-state index contributed by atoms with van der Waals surface area (Å²) in [6.07, 6.45) is 8.09. The van der Waals surface area contributed by atoms with Gasteiger partial charge in [-0.15, -0.1) is 0 Å². The molecule has 0 amide bonds. The van der Waals surface area contributed by atoms with Gasteiger partial charge in [0.2, 0.25) is 0 Å². The van der Waals surface area contributed by atoms with Crippen LogP contribution < -0.4 is 0 Å². The van der Waals surface area contributed by atoms with Crippen LogP contribution in [0, 0.1) is 17.2 Å². The Bertz CT molecular complexity index is 1170. The Balaban J connectivity index is 1.55. The molecule has 3 heterocycles. The van der Waals surface area contributed by atoms with E-state index in [0.717, 1.165) is 34.9 Å². The van der Waals surface area contributed by atoms with Crippen molar-refractivity contribution >= 4 is 25.1 Å². The molecule has 0 radical (unpaired) electrons. The molecule has 3 aromatic rings. The first-order chi connectivity index (χ1) is 15.2. The summed E-state index contributed by atoms with van der Waals surface area (Å²) in [5.74, 6) is -1.26. The summed E-state index contributed by atoms with van der Waals surface area (Å²) in [5, 5.41) is 23.9. The molecule has 0 saturated heterocycles. The third kappa shape index (κ3) is 4.31. The van der Waals surface area contributed by atoms with Crippen LogP contribution in [-0.4, -0.2) is 50.1 Å². The molecule has 0 unspecified atom stereocenters. The molecule has 1 saturated carbocycles. The van der Waals surface area contributed by atoms with Gasteiger partial charge in [0.05, 0.1) is 35.8 Å². The molecular weight excluding hydrogens is 424 g/mol. The van der Waals surface area contributed by atoms with Crippen molar-refractivity contribution in [2.75, 3.05) is 6.61 Å². The van der Waals surface area contributed by atoms with E-state index in [0.29, 0.717) is 19.6 Å². The number of carboxylic acid groups (broad SMARTS) is 1. The number of carboxylic acids is 1. The summed E-state index contributed by atoms with van der Waals surface area (Å²) in [5.41, 5.74) is 1.78. The quantitative estimate of drug-likeness (QED) is 0.388. The van der Waals surface area contributed by atoms with Crippen molar-refractivity contribution in [2.24, 2.45) is 5.92 Å².